The van der Waals surface area contributed by atoms with Gasteiger partial charge in [-0.15, -0.1) is 0 Å². The first-order valence-corrected chi connectivity index (χ1v) is 5.76. The maximum atomic E-state index is 11.8. The number of hydrogen-bond donors (Lipinski definition) is 2. The van der Waals surface area contributed by atoms with E-state index in [2.05, 4.69) is 12.1 Å². The average Bonchev–Trinajstić information content (AvgIpc) is 2.27. The van der Waals surface area contributed by atoms with E-state index in [0.717, 1.165) is 12.8 Å². The van der Waals surface area contributed by atoms with E-state index in [1.807, 2.05) is 0 Å². The van der Waals surface area contributed by atoms with Crippen LogP contribution in [-0.4, -0.2) is 34.9 Å². The van der Waals surface area contributed by atoms with Gasteiger partial charge in [-0.05, 0) is 18.8 Å². The van der Waals surface area contributed by atoms with Crippen LogP contribution < -0.4 is 5.73 Å². The summed E-state index contributed by atoms with van der Waals surface area (Å²) in [6.07, 6.45) is 4.53. The zero-order chi connectivity index (χ0) is 12.1. The molecule has 0 aromatic carbocycles. The van der Waals surface area contributed by atoms with Gasteiger partial charge in [0.15, 0.2) is 0 Å². The number of rotatable bonds is 3. The van der Waals surface area contributed by atoms with E-state index < -0.39 is 0 Å². The molecule has 0 spiro atoms. The largest absolute Gasteiger partial charge is 0.409 e. The minimum atomic E-state index is -0.0746. The average molecular weight is 227 g/mol. The lowest BCUT2D eigenvalue weighted by Crippen LogP contribution is -2.41. The molecule has 1 saturated carbocycles. The summed E-state index contributed by atoms with van der Waals surface area (Å²) in [7, 11) is 1.80. The van der Waals surface area contributed by atoms with E-state index in [1.165, 1.54) is 12.8 Å². The molecule has 0 heterocycles. The van der Waals surface area contributed by atoms with Gasteiger partial charge in [0.2, 0.25) is 5.91 Å². The first-order chi connectivity index (χ1) is 7.54. The summed E-state index contributed by atoms with van der Waals surface area (Å²) in [5.41, 5.74) is 5.32. The van der Waals surface area contributed by atoms with Crippen molar-refractivity contribution in [2.75, 3.05) is 7.05 Å². The van der Waals surface area contributed by atoms with Crippen molar-refractivity contribution in [3.8, 4) is 0 Å². The molecule has 0 radical (unpaired) electrons. The van der Waals surface area contributed by atoms with Crippen molar-refractivity contribution in [1.29, 1.82) is 0 Å². The summed E-state index contributed by atoms with van der Waals surface area (Å²) in [5, 5.41) is 11.2. The molecule has 5 nitrogen and oxygen atoms in total. The molecule has 5 heteroatoms. The summed E-state index contributed by atoms with van der Waals surface area (Å²) in [6, 6.07) is 0.308. The van der Waals surface area contributed by atoms with Crippen LogP contribution in [0.2, 0.25) is 0 Å². The SMILES string of the molecule is CC1CCCC(N(C)C(=O)CC(N)=NO)C1. The minimum Gasteiger partial charge on any atom is -0.409 e. The minimum absolute atomic E-state index is 0.00210. The highest BCUT2D eigenvalue weighted by atomic mass is 16.4. The first kappa shape index (κ1) is 12.8. The molecule has 2 unspecified atom stereocenters. The molecular weight excluding hydrogens is 206 g/mol. The summed E-state index contributed by atoms with van der Waals surface area (Å²) in [5.74, 6) is 0.577. The Morgan fingerprint density at radius 2 is 2.25 bits per heavy atom. The Kier molecular flexibility index (Phi) is 4.58. The van der Waals surface area contributed by atoms with Crippen molar-refractivity contribution in [2.45, 2.75) is 45.1 Å². The summed E-state index contributed by atoms with van der Waals surface area (Å²) >= 11 is 0. The Morgan fingerprint density at radius 3 is 2.81 bits per heavy atom. The number of nitrogens with zero attached hydrogens (tertiary/aromatic N) is 2. The molecule has 0 aromatic rings. The molecule has 3 N–H and O–H groups in total. The molecule has 2 atom stereocenters. The van der Waals surface area contributed by atoms with Gasteiger partial charge in [0, 0.05) is 13.1 Å². The zero-order valence-corrected chi connectivity index (χ0v) is 10.0. The lowest BCUT2D eigenvalue weighted by Gasteiger charge is -2.34. The molecule has 1 amide bonds. The lowest BCUT2D eigenvalue weighted by molar-refractivity contribution is -0.131. The fourth-order valence-corrected chi connectivity index (χ4v) is 2.27. The predicted molar refractivity (Wildman–Crippen MR) is 62.2 cm³/mol. The van der Waals surface area contributed by atoms with E-state index in [1.54, 1.807) is 11.9 Å². The molecule has 0 saturated heterocycles. The Bertz CT molecular complexity index is 278. The van der Waals surface area contributed by atoms with Crippen LogP contribution >= 0.6 is 0 Å². The zero-order valence-electron chi connectivity index (χ0n) is 10.0. The number of amides is 1. The Hall–Kier alpha value is -1.26. The van der Waals surface area contributed by atoms with E-state index >= 15 is 0 Å². The highest BCUT2D eigenvalue weighted by Gasteiger charge is 2.25. The highest BCUT2D eigenvalue weighted by Crippen LogP contribution is 2.26. The molecule has 92 valence electrons. The summed E-state index contributed by atoms with van der Waals surface area (Å²) in [6.45, 7) is 2.22. The van der Waals surface area contributed by atoms with Crippen LogP contribution in [0.4, 0.5) is 0 Å². The van der Waals surface area contributed by atoms with Gasteiger partial charge >= 0.3 is 0 Å². The van der Waals surface area contributed by atoms with E-state index in [-0.39, 0.29) is 18.2 Å². The van der Waals surface area contributed by atoms with Crippen LogP contribution in [0.5, 0.6) is 0 Å². The number of carbonyl (C=O) groups excluding carboxylic acids is 1. The predicted octanol–water partition coefficient (Wildman–Crippen LogP) is 1.16. The van der Waals surface area contributed by atoms with Crippen molar-refractivity contribution < 1.29 is 10.0 Å². The number of carbonyl (C=O) groups is 1. The van der Waals surface area contributed by atoms with Crippen LogP contribution in [0.25, 0.3) is 0 Å². The summed E-state index contributed by atoms with van der Waals surface area (Å²) in [4.78, 5) is 13.5. The van der Waals surface area contributed by atoms with Crippen molar-refractivity contribution in [3.63, 3.8) is 0 Å². The maximum Gasteiger partial charge on any atom is 0.230 e. The highest BCUT2D eigenvalue weighted by molar-refractivity contribution is 5.98. The van der Waals surface area contributed by atoms with E-state index in [4.69, 9.17) is 10.9 Å². The number of oxime groups is 1. The standard InChI is InChI=1S/C11H21N3O2/c1-8-4-3-5-9(6-8)14(2)11(15)7-10(12)13-16/h8-9,16H,3-7H2,1-2H3,(H2,12,13). The third-order valence-corrected chi connectivity index (χ3v) is 3.31. The fraction of sp³-hybridized carbons (Fsp3) is 0.818. The molecule has 0 aliphatic heterocycles. The molecular formula is C11H21N3O2. The molecule has 1 aliphatic carbocycles. The third-order valence-electron chi connectivity index (χ3n) is 3.31. The Balaban J connectivity index is 2.49. The van der Waals surface area contributed by atoms with Crippen molar-refractivity contribution in [1.82, 2.24) is 4.90 Å². The van der Waals surface area contributed by atoms with Crippen molar-refractivity contribution in [3.05, 3.63) is 0 Å². The van der Waals surface area contributed by atoms with Gasteiger partial charge < -0.3 is 15.8 Å². The normalized spacial score (nSPS) is 26.5. The topological polar surface area (TPSA) is 78.9 Å². The Labute approximate surface area is 96.3 Å². The number of nitrogens with two attached hydrogens (primary N) is 1. The van der Waals surface area contributed by atoms with E-state index in [0.29, 0.717) is 12.0 Å². The lowest BCUT2D eigenvalue weighted by atomic mass is 9.86. The quantitative estimate of drug-likeness (QED) is 0.328. The number of hydrogen-bond acceptors (Lipinski definition) is 3. The first-order valence-electron chi connectivity index (χ1n) is 5.76. The van der Waals surface area contributed by atoms with Crippen LogP contribution in [0, 0.1) is 5.92 Å². The van der Waals surface area contributed by atoms with Crippen LogP contribution in [-0.2, 0) is 4.79 Å². The van der Waals surface area contributed by atoms with Gasteiger partial charge in [-0.1, -0.05) is 24.9 Å². The molecule has 1 rings (SSSR count). The molecule has 1 fully saturated rings. The second-order valence-corrected chi connectivity index (χ2v) is 4.70. The van der Waals surface area contributed by atoms with Crippen molar-refractivity contribution >= 4 is 11.7 Å². The Morgan fingerprint density at radius 1 is 1.56 bits per heavy atom. The van der Waals surface area contributed by atoms with Crippen LogP contribution in [0.3, 0.4) is 0 Å². The van der Waals surface area contributed by atoms with Gasteiger partial charge in [0.25, 0.3) is 0 Å². The monoisotopic (exact) mass is 227 g/mol. The van der Waals surface area contributed by atoms with Crippen LogP contribution in [0.1, 0.15) is 39.0 Å². The van der Waals surface area contributed by atoms with Crippen molar-refractivity contribution in [2.24, 2.45) is 16.8 Å². The van der Waals surface area contributed by atoms with Gasteiger partial charge in [-0.25, -0.2) is 0 Å². The van der Waals surface area contributed by atoms with Gasteiger partial charge in [0.05, 0.1) is 6.42 Å². The molecule has 0 bridgehead atoms. The molecule has 0 aromatic heterocycles. The van der Waals surface area contributed by atoms with E-state index in [9.17, 15) is 4.79 Å². The molecule has 16 heavy (non-hydrogen) atoms. The summed E-state index contributed by atoms with van der Waals surface area (Å²) < 4.78 is 0. The maximum absolute atomic E-state index is 11.8. The number of amidine groups is 1. The fourth-order valence-electron chi connectivity index (χ4n) is 2.27. The van der Waals surface area contributed by atoms with Gasteiger partial charge in [-0.3, -0.25) is 4.79 Å². The smallest absolute Gasteiger partial charge is 0.230 e. The second-order valence-electron chi connectivity index (χ2n) is 4.70. The third kappa shape index (κ3) is 3.40. The van der Waals surface area contributed by atoms with Gasteiger partial charge in [-0.2, -0.15) is 0 Å². The van der Waals surface area contributed by atoms with Crippen LogP contribution in [0.15, 0.2) is 5.16 Å². The molecule has 1 aliphatic rings. The second kappa shape index (κ2) is 5.72. The van der Waals surface area contributed by atoms with Gasteiger partial charge in [0.1, 0.15) is 5.84 Å².